The molecule has 0 saturated carbocycles. The molecular weight excluding hydrogens is 1070 g/mol. The van der Waals surface area contributed by atoms with Gasteiger partial charge in [-0.1, -0.05) is 195 Å². The van der Waals surface area contributed by atoms with E-state index in [1.54, 1.807) is 0 Å². The molecule has 0 bridgehead atoms. The van der Waals surface area contributed by atoms with Crippen LogP contribution in [0.1, 0.15) is 337 Å². The summed E-state index contributed by atoms with van der Waals surface area (Å²) in [5.41, 5.74) is 0. The van der Waals surface area contributed by atoms with Gasteiger partial charge in [-0.25, -0.2) is 0 Å². The van der Waals surface area contributed by atoms with Crippen LogP contribution in [-0.4, -0.2) is 102 Å². The topological polar surface area (TPSA) is 210 Å². The Bertz CT molecular complexity index is 1380. The summed E-state index contributed by atoms with van der Waals surface area (Å²) in [6.45, 7) is 15.4. The highest BCUT2D eigenvalue weighted by Crippen LogP contribution is 2.14. The zero-order valence-electron chi connectivity index (χ0n) is 55.3. The van der Waals surface area contributed by atoms with Crippen molar-refractivity contribution in [2.75, 3.05) is 53.9 Å². The van der Waals surface area contributed by atoms with Crippen LogP contribution < -0.4 is 0 Å². The van der Waals surface area contributed by atoms with E-state index in [-0.39, 0.29) is 47.8 Å². The Morgan fingerprint density at radius 3 is 0.560 bits per heavy atom. The molecule has 0 aliphatic heterocycles. The Hall–Kier alpha value is -4.24. The zero-order chi connectivity index (χ0) is 63.0. The van der Waals surface area contributed by atoms with Crippen LogP contribution in [0.2, 0.25) is 0 Å². The second-order valence-electron chi connectivity index (χ2n) is 21.7. The predicted octanol–water partition coefficient (Wildman–Crippen LogP) is 17.6. The summed E-state index contributed by atoms with van der Waals surface area (Å²) in [4.78, 5) is 89.6. The number of methoxy groups -OCH3 is 2. The van der Waals surface area contributed by atoms with Crippen molar-refractivity contribution in [1.82, 2.24) is 0 Å². The summed E-state index contributed by atoms with van der Waals surface area (Å²) in [6, 6.07) is 0. The van der Waals surface area contributed by atoms with Crippen molar-refractivity contribution < 1.29 is 76.3 Å². The van der Waals surface area contributed by atoms with Crippen LogP contribution in [-0.2, 0) is 76.3 Å². The number of ether oxygens (including phenoxy) is 8. The molecule has 0 aliphatic carbocycles. The first kappa shape index (κ1) is 86.2. The first-order valence-corrected chi connectivity index (χ1v) is 33.9. The van der Waals surface area contributed by atoms with Gasteiger partial charge in [0, 0.05) is 51.4 Å². The van der Waals surface area contributed by atoms with Crippen LogP contribution in [0, 0.1) is 0 Å². The van der Waals surface area contributed by atoms with Crippen LogP contribution in [0.25, 0.3) is 0 Å². The van der Waals surface area contributed by atoms with E-state index in [4.69, 9.17) is 28.4 Å². The molecule has 0 aromatic heterocycles. The number of hydrogen-bond donors (Lipinski definition) is 0. The maximum atomic E-state index is 11.7. The molecule has 0 radical (unpaired) electrons. The van der Waals surface area contributed by atoms with Crippen molar-refractivity contribution in [3.63, 3.8) is 0 Å². The fourth-order valence-electron chi connectivity index (χ4n) is 8.39. The van der Waals surface area contributed by atoms with Crippen molar-refractivity contribution in [3.05, 3.63) is 0 Å². The molecule has 16 nitrogen and oxygen atoms in total. The van der Waals surface area contributed by atoms with Gasteiger partial charge in [0.25, 0.3) is 0 Å². The van der Waals surface area contributed by atoms with Crippen molar-refractivity contribution in [1.29, 1.82) is 0 Å². The molecule has 0 heterocycles. The molecule has 0 aromatic rings. The lowest BCUT2D eigenvalue weighted by Crippen LogP contribution is -2.06. The number of esters is 8. The van der Waals surface area contributed by atoms with Gasteiger partial charge in [-0.05, 0) is 90.9 Å². The molecule has 0 aromatic carbocycles. The van der Waals surface area contributed by atoms with Gasteiger partial charge in [0.05, 0.1) is 53.9 Å². The zero-order valence-corrected chi connectivity index (χ0v) is 55.3. The van der Waals surface area contributed by atoms with Gasteiger partial charge in [0.2, 0.25) is 0 Å². The lowest BCUT2D eigenvalue weighted by atomic mass is 10.1. The molecule has 0 atom stereocenters. The summed E-state index contributed by atoms with van der Waals surface area (Å²) >= 11 is 0. The average Bonchev–Trinajstić information content (AvgIpc) is 3.48. The Morgan fingerprint density at radius 2 is 0.357 bits per heavy atom. The Morgan fingerprint density at radius 1 is 0.190 bits per heavy atom. The number of unbranched alkanes of at least 4 members (excludes halogenated alkanes) is 30. The fraction of sp³-hybridized carbons (Fsp3) is 0.882. The molecule has 0 fully saturated rings. The van der Waals surface area contributed by atoms with Crippen LogP contribution in [0.4, 0.5) is 0 Å². The van der Waals surface area contributed by atoms with E-state index in [2.05, 4.69) is 37.2 Å². The van der Waals surface area contributed by atoms with E-state index in [9.17, 15) is 38.4 Å². The molecule has 0 aliphatic rings. The van der Waals surface area contributed by atoms with Crippen molar-refractivity contribution in [2.24, 2.45) is 0 Å². The van der Waals surface area contributed by atoms with Gasteiger partial charge in [-0.15, -0.1) is 0 Å². The maximum absolute atomic E-state index is 11.7. The normalized spacial score (nSPS) is 10.4. The van der Waals surface area contributed by atoms with E-state index in [0.29, 0.717) is 91.0 Å². The van der Waals surface area contributed by atoms with Crippen molar-refractivity contribution in [2.45, 2.75) is 337 Å². The third-order valence-corrected chi connectivity index (χ3v) is 13.7. The third kappa shape index (κ3) is 79.8. The largest absolute Gasteiger partial charge is 0.469 e. The summed E-state index contributed by atoms with van der Waals surface area (Å²) in [6.07, 6.45) is 44.7. The minimum absolute atomic E-state index is 0.0448. The highest BCUT2D eigenvalue weighted by Gasteiger charge is 2.08. The third-order valence-electron chi connectivity index (χ3n) is 13.7. The van der Waals surface area contributed by atoms with Gasteiger partial charge in [-0.2, -0.15) is 0 Å². The molecular formula is C68H128O16. The molecule has 0 spiro atoms. The Labute approximate surface area is 512 Å². The van der Waals surface area contributed by atoms with E-state index in [1.165, 1.54) is 78.4 Å². The van der Waals surface area contributed by atoms with Crippen molar-refractivity contribution in [3.8, 4) is 0 Å². The van der Waals surface area contributed by atoms with E-state index in [0.717, 1.165) is 180 Å². The second-order valence-corrected chi connectivity index (χ2v) is 21.7. The highest BCUT2D eigenvalue weighted by atomic mass is 16.6. The number of hydrogen-bond acceptors (Lipinski definition) is 16. The van der Waals surface area contributed by atoms with Gasteiger partial charge < -0.3 is 37.9 Å². The van der Waals surface area contributed by atoms with Gasteiger partial charge >= 0.3 is 47.8 Å². The smallest absolute Gasteiger partial charge is 0.305 e. The van der Waals surface area contributed by atoms with E-state index in [1.807, 2.05) is 13.8 Å². The molecule has 0 amide bonds. The predicted molar refractivity (Wildman–Crippen MR) is 336 cm³/mol. The lowest BCUT2D eigenvalue weighted by Gasteiger charge is -2.06. The van der Waals surface area contributed by atoms with Crippen molar-refractivity contribution >= 4 is 47.8 Å². The molecule has 84 heavy (non-hydrogen) atoms. The summed E-state index contributed by atoms with van der Waals surface area (Å²) in [7, 11) is 2.82. The van der Waals surface area contributed by atoms with E-state index < -0.39 is 0 Å². The van der Waals surface area contributed by atoms with Gasteiger partial charge in [0.1, 0.15) is 0 Å². The number of carbonyl (C=O) groups is 8. The summed E-state index contributed by atoms with van der Waals surface area (Å²) in [5.74, 6) is -0.751. The highest BCUT2D eigenvalue weighted by molar-refractivity contribution is 5.71. The summed E-state index contributed by atoms with van der Waals surface area (Å²) < 4.78 is 39.5. The summed E-state index contributed by atoms with van der Waals surface area (Å²) in [5, 5.41) is 0. The van der Waals surface area contributed by atoms with Crippen LogP contribution in [0.5, 0.6) is 0 Å². The van der Waals surface area contributed by atoms with E-state index >= 15 is 0 Å². The second kappa shape index (κ2) is 74.9. The van der Waals surface area contributed by atoms with Crippen LogP contribution in [0.15, 0.2) is 0 Å². The molecule has 0 saturated heterocycles. The Balaban J connectivity index is -0.000000525. The van der Waals surface area contributed by atoms with Crippen LogP contribution >= 0.6 is 0 Å². The number of rotatable bonds is 56. The molecule has 16 heteroatoms. The molecule has 496 valence electrons. The molecule has 0 unspecified atom stereocenters. The molecule has 0 rings (SSSR count). The first-order valence-electron chi connectivity index (χ1n) is 33.9. The monoisotopic (exact) mass is 1200 g/mol. The number of carbonyl (C=O) groups excluding carboxylic acids is 8. The minimum atomic E-state index is -0.134. The average molecular weight is 1200 g/mol. The maximum Gasteiger partial charge on any atom is 0.305 e. The van der Waals surface area contributed by atoms with Gasteiger partial charge in [0.15, 0.2) is 0 Å². The SMILES string of the molecule is CCCCCCCCOC(=O)CCCCCCCCC(=O)OCCCCCCCC.CCCCOC(=O)CCCCCCC(=O)OCCCC.CCOC(=O)CCCCCCCCC(=O)OCC.COC(=O)CCCCCCCCC(=O)OC. The molecule has 0 N–H and O–H groups in total. The Kier molecular flexibility index (Phi) is 76.8. The standard InChI is InChI=1S/C26H50O4.C16H30O4.C14H26O4.C12H22O4/c1-3-5-7-9-15-19-23-29-25(27)21-17-13-11-12-14-18-22-26(28)30-24-20-16-10-8-6-4-2;1-3-5-13-19-15(17)11-9-7-8-10-12-16(18)20-14-6-4-2;1-3-17-13(15)11-9-7-5-6-8-10-12-14(16)18-4-2;1-15-11(13)9-7-5-3-4-6-8-10-12(14)16-2/h3-24H2,1-2H3;3-14H2,1-2H3;3-12H2,1-2H3;3-10H2,1-2H3. The van der Waals surface area contributed by atoms with Gasteiger partial charge in [-0.3, -0.25) is 38.4 Å². The lowest BCUT2D eigenvalue weighted by molar-refractivity contribution is -0.145. The quantitative estimate of drug-likeness (QED) is 0.0315. The first-order chi connectivity index (χ1) is 40.8. The fourth-order valence-corrected chi connectivity index (χ4v) is 8.39. The minimum Gasteiger partial charge on any atom is -0.469 e. The van der Waals surface area contributed by atoms with Crippen LogP contribution in [0.3, 0.4) is 0 Å².